The molecule has 0 saturated heterocycles. The van der Waals surface area contributed by atoms with Gasteiger partial charge in [0.15, 0.2) is 0 Å². The van der Waals surface area contributed by atoms with Gasteiger partial charge in [-0.05, 0) is 41.1 Å². The highest BCUT2D eigenvalue weighted by atomic mass is 32.1. The lowest BCUT2D eigenvalue weighted by Crippen LogP contribution is -2.32. The first-order valence-electron chi connectivity index (χ1n) is 7.15. The smallest absolute Gasteiger partial charge is 0.0314 e. The zero-order chi connectivity index (χ0) is 14.6. The molecule has 2 rings (SSSR count). The second-order valence-electron chi connectivity index (χ2n) is 5.83. The molecule has 0 aliphatic carbocycles. The molecular weight excluding hydrogens is 264 g/mol. The molecule has 0 spiro atoms. The lowest BCUT2D eigenvalue weighted by molar-refractivity contribution is 0.470. The van der Waals surface area contributed by atoms with E-state index in [1.165, 1.54) is 16.0 Å². The van der Waals surface area contributed by atoms with Gasteiger partial charge in [-0.1, -0.05) is 32.9 Å². The third-order valence-corrected chi connectivity index (χ3v) is 4.73. The van der Waals surface area contributed by atoms with Gasteiger partial charge in [0.1, 0.15) is 0 Å². The molecule has 0 unspecified atom stereocenters. The second-order valence-corrected chi connectivity index (χ2v) is 6.83. The molecule has 0 aliphatic heterocycles. The van der Waals surface area contributed by atoms with Crippen LogP contribution in [0.2, 0.25) is 0 Å². The average molecular weight is 288 g/mol. The molecule has 0 atom stereocenters. The van der Waals surface area contributed by atoms with Crippen LogP contribution < -0.4 is 11.1 Å². The van der Waals surface area contributed by atoms with Gasteiger partial charge in [-0.2, -0.15) is 0 Å². The fourth-order valence-corrected chi connectivity index (χ4v) is 3.31. The molecule has 0 bridgehead atoms. The molecule has 3 heteroatoms. The summed E-state index contributed by atoms with van der Waals surface area (Å²) in [5.74, 6) is 0. The van der Waals surface area contributed by atoms with E-state index in [2.05, 4.69) is 49.7 Å². The van der Waals surface area contributed by atoms with E-state index < -0.39 is 0 Å². The monoisotopic (exact) mass is 288 g/mol. The fourth-order valence-electron chi connectivity index (χ4n) is 2.36. The maximum Gasteiger partial charge on any atom is 0.0314 e. The van der Waals surface area contributed by atoms with Crippen LogP contribution in [0.25, 0.3) is 0 Å². The predicted octanol–water partition coefficient (Wildman–Crippen LogP) is 3.96. The van der Waals surface area contributed by atoms with Crippen molar-refractivity contribution in [3.63, 3.8) is 0 Å². The minimum absolute atomic E-state index is 0.108. The third-order valence-electron chi connectivity index (χ3n) is 3.76. The van der Waals surface area contributed by atoms with Crippen molar-refractivity contribution < 1.29 is 0 Å². The molecule has 0 amide bonds. The van der Waals surface area contributed by atoms with E-state index in [9.17, 15) is 0 Å². The van der Waals surface area contributed by atoms with Gasteiger partial charge >= 0.3 is 0 Å². The van der Waals surface area contributed by atoms with E-state index in [1.807, 2.05) is 23.5 Å². The molecule has 0 aliphatic rings. The first-order chi connectivity index (χ1) is 9.53. The lowest BCUT2D eigenvalue weighted by atomic mass is 9.84. The number of nitrogens with two attached hydrogens (primary N) is 1. The van der Waals surface area contributed by atoms with E-state index in [0.29, 0.717) is 0 Å². The van der Waals surface area contributed by atoms with Crippen molar-refractivity contribution in [1.82, 2.24) is 5.32 Å². The summed E-state index contributed by atoms with van der Waals surface area (Å²) >= 11 is 1.84. The Morgan fingerprint density at radius 3 is 2.50 bits per heavy atom. The lowest BCUT2D eigenvalue weighted by Gasteiger charge is -2.26. The SMILES string of the molecule is CCc1ccsc1CNCC(C)(C)c1ccc(N)cc1. The molecule has 1 aromatic carbocycles. The van der Waals surface area contributed by atoms with E-state index in [-0.39, 0.29) is 5.41 Å². The van der Waals surface area contributed by atoms with Gasteiger partial charge in [0.05, 0.1) is 0 Å². The number of rotatable bonds is 6. The Balaban J connectivity index is 1.94. The van der Waals surface area contributed by atoms with Gasteiger partial charge in [-0.15, -0.1) is 11.3 Å². The van der Waals surface area contributed by atoms with Crippen LogP contribution in [0.4, 0.5) is 5.69 Å². The standard InChI is InChI=1S/C17H24N2S/c1-4-13-9-10-20-16(13)11-19-12-17(2,3)14-5-7-15(18)8-6-14/h5-10,19H,4,11-12,18H2,1-3H3. The van der Waals surface area contributed by atoms with Crippen LogP contribution in [0.15, 0.2) is 35.7 Å². The van der Waals surface area contributed by atoms with Crippen molar-refractivity contribution in [1.29, 1.82) is 0 Å². The Morgan fingerprint density at radius 2 is 1.85 bits per heavy atom. The molecule has 1 heterocycles. The number of hydrogen-bond acceptors (Lipinski definition) is 3. The van der Waals surface area contributed by atoms with Gasteiger partial charge in [0, 0.05) is 29.1 Å². The van der Waals surface area contributed by atoms with Crippen LogP contribution in [0.3, 0.4) is 0 Å². The molecule has 108 valence electrons. The number of thiophene rings is 1. The van der Waals surface area contributed by atoms with Gasteiger partial charge < -0.3 is 11.1 Å². The second kappa shape index (κ2) is 6.42. The highest BCUT2D eigenvalue weighted by Gasteiger charge is 2.20. The minimum Gasteiger partial charge on any atom is -0.399 e. The highest BCUT2D eigenvalue weighted by Crippen LogP contribution is 2.24. The number of aryl methyl sites for hydroxylation is 1. The maximum absolute atomic E-state index is 5.75. The Kier molecular flexibility index (Phi) is 4.84. The van der Waals surface area contributed by atoms with E-state index in [0.717, 1.165) is 25.2 Å². The molecular formula is C17H24N2S. The quantitative estimate of drug-likeness (QED) is 0.790. The summed E-state index contributed by atoms with van der Waals surface area (Å²) in [6.07, 6.45) is 1.11. The summed E-state index contributed by atoms with van der Waals surface area (Å²) in [4.78, 5) is 1.46. The molecule has 3 N–H and O–H groups in total. The highest BCUT2D eigenvalue weighted by molar-refractivity contribution is 7.10. The Morgan fingerprint density at radius 1 is 1.15 bits per heavy atom. The number of benzene rings is 1. The van der Waals surface area contributed by atoms with Crippen LogP contribution in [0.5, 0.6) is 0 Å². The topological polar surface area (TPSA) is 38.0 Å². The van der Waals surface area contributed by atoms with Gasteiger partial charge in [-0.25, -0.2) is 0 Å². The van der Waals surface area contributed by atoms with Crippen molar-refractivity contribution in [3.05, 3.63) is 51.7 Å². The zero-order valence-electron chi connectivity index (χ0n) is 12.6. The summed E-state index contributed by atoms with van der Waals surface area (Å²) in [6.45, 7) is 8.66. The number of nitrogens with one attached hydrogen (secondary N) is 1. The fraction of sp³-hybridized carbons (Fsp3) is 0.412. The summed E-state index contributed by atoms with van der Waals surface area (Å²) < 4.78 is 0. The molecule has 1 aromatic heterocycles. The molecule has 2 aromatic rings. The zero-order valence-corrected chi connectivity index (χ0v) is 13.4. The van der Waals surface area contributed by atoms with Crippen molar-refractivity contribution in [2.24, 2.45) is 0 Å². The van der Waals surface area contributed by atoms with Crippen LogP contribution in [-0.2, 0) is 18.4 Å². The van der Waals surface area contributed by atoms with Crippen molar-refractivity contribution in [3.8, 4) is 0 Å². The van der Waals surface area contributed by atoms with Gasteiger partial charge in [-0.3, -0.25) is 0 Å². The van der Waals surface area contributed by atoms with Crippen LogP contribution in [0.1, 0.15) is 36.8 Å². The van der Waals surface area contributed by atoms with Crippen molar-refractivity contribution in [2.45, 2.75) is 39.2 Å². The van der Waals surface area contributed by atoms with Crippen LogP contribution in [0, 0.1) is 0 Å². The molecule has 0 fully saturated rings. The maximum atomic E-state index is 5.75. The van der Waals surface area contributed by atoms with E-state index >= 15 is 0 Å². The molecule has 2 nitrogen and oxygen atoms in total. The summed E-state index contributed by atoms with van der Waals surface area (Å²) in [5, 5.41) is 5.78. The number of nitrogen functional groups attached to an aromatic ring is 1. The summed E-state index contributed by atoms with van der Waals surface area (Å²) in [6, 6.07) is 10.4. The Hall–Kier alpha value is -1.32. The largest absolute Gasteiger partial charge is 0.399 e. The van der Waals surface area contributed by atoms with Crippen LogP contribution in [-0.4, -0.2) is 6.54 Å². The third kappa shape index (κ3) is 3.62. The summed E-state index contributed by atoms with van der Waals surface area (Å²) in [5.41, 5.74) is 9.47. The average Bonchev–Trinajstić information content (AvgIpc) is 2.86. The number of hydrogen-bond donors (Lipinski definition) is 2. The Bertz CT molecular complexity index is 540. The van der Waals surface area contributed by atoms with Gasteiger partial charge in [0.25, 0.3) is 0 Å². The minimum atomic E-state index is 0.108. The van der Waals surface area contributed by atoms with E-state index in [4.69, 9.17) is 5.73 Å². The van der Waals surface area contributed by atoms with E-state index in [1.54, 1.807) is 0 Å². The first-order valence-corrected chi connectivity index (χ1v) is 8.03. The first kappa shape index (κ1) is 15.1. The van der Waals surface area contributed by atoms with Crippen LogP contribution >= 0.6 is 11.3 Å². The molecule has 20 heavy (non-hydrogen) atoms. The number of anilines is 1. The van der Waals surface area contributed by atoms with Crippen molar-refractivity contribution >= 4 is 17.0 Å². The Labute approximate surface area is 126 Å². The summed E-state index contributed by atoms with van der Waals surface area (Å²) in [7, 11) is 0. The van der Waals surface area contributed by atoms with Gasteiger partial charge in [0.2, 0.25) is 0 Å². The normalized spacial score (nSPS) is 11.8. The molecule has 0 radical (unpaired) electrons. The van der Waals surface area contributed by atoms with Crippen molar-refractivity contribution in [2.75, 3.05) is 12.3 Å². The predicted molar refractivity (Wildman–Crippen MR) is 89.3 cm³/mol. The molecule has 0 saturated carbocycles.